The zero-order valence-corrected chi connectivity index (χ0v) is 13.2. The first-order valence-electron chi connectivity index (χ1n) is 7.74. The summed E-state index contributed by atoms with van der Waals surface area (Å²) in [5.41, 5.74) is 5.04. The van der Waals surface area contributed by atoms with E-state index in [1.54, 1.807) is 12.1 Å². The summed E-state index contributed by atoms with van der Waals surface area (Å²) >= 11 is 0. The van der Waals surface area contributed by atoms with Crippen molar-refractivity contribution >= 4 is 17.6 Å². The molecule has 1 aliphatic rings. The summed E-state index contributed by atoms with van der Waals surface area (Å²) in [6.07, 6.45) is 1.87. The van der Waals surface area contributed by atoms with Crippen LogP contribution in [-0.2, 0) is 4.74 Å². The Hall–Kier alpha value is -2.64. The molecule has 116 valence electrons. The molecule has 0 N–H and O–H groups in total. The van der Waals surface area contributed by atoms with Crippen molar-refractivity contribution in [2.24, 2.45) is 4.99 Å². The SMILES string of the molecule is Cc1cc(N2CCOCC2)ccc1C=Nc1ccc(C#N)cc1. The zero-order valence-electron chi connectivity index (χ0n) is 13.2. The third kappa shape index (κ3) is 3.77. The van der Waals surface area contributed by atoms with Crippen molar-refractivity contribution in [1.29, 1.82) is 5.26 Å². The molecule has 0 amide bonds. The Labute approximate surface area is 136 Å². The van der Waals surface area contributed by atoms with E-state index >= 15 is 0 Å². The van der Waals surface area contributed by atoms with Gasteiger partial charge < -0.3 is 9.64 Å². The number of ether oxygens (including phenoxy) is 1. The molecule has 2 aromatic carbocycles. The number of benzene rings is 2. The molecule has 0 unspecified atom stereocenters. The Morgan fingerprint density at radius 2 is 1.87 bits per heavy atom. The van der Waals surface area contributed by atoms with E-state index in [1.165, 1.54) is 11.3 Å². The predicted molar refractivity (Wildman–Crippen MR) is 92.6 cm³/mol. The Bertz CT molecular complexity index is 738. The monoisotopic (exact) mass is 305 g/mol. The van der Waals surface area contributed by atoms with Crippen molar-refractivity contribution in [3.8, 4) is 6.07 Å². The van der Waals surface area contributed by atoms with E-state index in [0.29, 0.717) is 5.56 Å². The van der Waals surface area contributed by atoms with Crippen LogP contribution in [0.25, 0.3) is 0 Å². The second-order valence-corrected chi connectivity index (χ2v) is 5.56. The molecule has 2 aromatic rings. The highest BCUT2D eigenvalue weighted by atomic mass is 16.5. The van der Waals surface area contributed by atoms with Crippen molar-refractivity contribution in [3.05, 3.63) is 59.2 Å². The van der Waals surface area contributed by atoms with Crippen LogP contribution < -0.4 is 4.90 Å². The fourth-order valence-corrected chi connectivity index (χ4v) is 2.59. The van der Waals surface area contributed by atoms with Crippen LogP contribution in [0.5, 0.6) is 0 Å². The molecular formula is C19H19N3O. The molecule has 0 spiro atoms. The zero-order chi connectivity index (χ0) is 16.1. The molecule has 1 fully saturated rings. The van der Waals surface area contributed by atoms with Crippen LogP contribution >= 0.6 is 0 Å². The lowest BCUT2D eigenvalue weighted by Crippen LogP contribution is -2.36. The number of hydrogen-bond acceptors (Lipinski definition) is 4. The van der Waals surface area contributed by atoms with Gasteiger partial charge in [-0.1, -0.05) is 6.07 Å². The maximum Gasteiger partial charge on any atom is 0.0991 e. The van der Waals surface area contributed by atoms with Crippen LogP contribution in [0.1, 0.15) is 16.7 Å². The van der Waals surface area contributed by atoms with E-state index in [4.69, 9.17) is 10.00 Å². The van der Waals surface area contributed by atoms with E-state index < -0.39 is 0 Å². The van der Waals surface area contributed by atoms with Crippen LogP contribution in [0, 0.1) is 18.3 Å². The van der Waals surface area contributed by atoms with Gasteiger partial charge in [-0.15, -0.1) is 0 Å². The topological polar surface area (TPSA) is 48.6 Å². The average molecular weight is 305 g/mol. The van der Waals surface area contributed by atoms with E-state index in [0.717, 1.165) is 37.6 Å². The number of rotatable bonds is 3. The van der Waals surface area contributed by atoms with Gasteiger partial charge in [0.25, 0.3) is 0 Å². The third-order valence-electron chi connectivity index (χ3n) is 3.98. The summed E-state index contributed by atoms with van der Waals surface area (Å²) < 4.78 is 5.40. The van der Waals surface area contributed by atoms with Gasteiger partial charge in [0.1, 0.15) is 0 Å². The number of aryl methyl sites for hydroxylation is 1. The molecular weight excluding hydrogens is 286 g/mol. The van der Waals surface area contributed by atoms with Gasteiger partial charge in [0.2, 0.25) is 0 Å². The molecule has 0 atom stereocenters. The first-order valence-corrected chi connectivity index (χ1v) is 7.74. The van der Waals surface area contributed by atoms with Crippen LogP contribution in [0.4, 0.5) is 11.4 Å². The Morgan fingerprint density at radius 1 is 1.13 bits per heavy atom. The molecule has 1 saturated heterocycles. The summed E-state index contributed by atoms with van der Waals surface area (Å²) in [6, 6.07) is 15.8. The van der Waals surface area contributed by atoms with Crippen LogP contribution in [0.3, 0.4) is 0 Å². The van der Waals surface area contributed by atoms with E-state index in [2.05, 4.69) is 41.1 Å². The highest BCUT2D eigenvalue weighted by Crippen LogP contribution is 2.20. The summed E-state index contributed by atoms with van der Waals surface area (Å²) in [7, 11) is 0. The summed E-state index contributed by atoms with van der Waals surface area (Å²) in [6.45, 7) is 5.57. The Kier molecular flexibility index (Phi) is 4.70. The summed E-state index contributed by atoms with van der Waals surface area (Å²) in [5.74, 6) is 0. The predicted octanol–water partition coefficient (Wildman–Crippen LogP) is 3.45. The standard InChI is InChI=1S/C19H19N3O/c1-15-12-19(22-8-10-23-11-9-22)7-4-17(15)14-21-18-5-2-16(13-20)3-6-18/h2-7,12,14H,8-11H2,1H3. The van der Waals surface area contributed by atoms with Gasteiger partial charge in [0, 0.05) is 25.0 Å². The lowest BCUT2D eigenvalue weighted by molar-refractivity contribution is 0.122. The van der Waals surface area contributed by atoms with Crippen molar-refractivity contribution < 1.29 is 4.74 Å². The quantitative estimate of drug-likeness (QED) is 0.816. The van der Waals surface area contributed by atoms with Gasteiger partial charge in [-0.3, -0.25) is 4.99 Å². The molecule has 0 aliphatic carbocycles. The highest BCUT2D eigenvalue weighted by molar-refractivity contribution is 5.84. The number of nitriles is 1. The normalized spacial score (nSPS) is 14.9. The molecule has 23 heavy (non-hydrogen) atoms. The minimum Gasteiger partial charge on any atom is -0.378 e. The fourth-order valence-electron chi connectivity index (χ4n) is 2.59. The summed E-state index contributed by atoms with van der Waals surface area (Å²) in [4.78, 5) is 6.83. The molecule has 0 bridgehead atoms. The molecule has 1 heterocycles. The number of morpholine rings is 1. The average Bonchev–Trinajstić information content (AvgIpc) is 2.62. The molecule has 0 aromatic heterocycles. The van der Waals surface area contributed by atoms with Crippen LogP contribution in [0.2, 0.25) is 0 Å². The van der Waals surface area contributed by atoms with E-state index in [-0.39, 0.29) is 0 Å². The fraction of sp³-hybridized carbons (Fsp3) is 0.263. The molecule has 0 saturated carbocycles. The second kappa shape index (κ2) is 7.08. The van der Waals surface area contributed by atoms with E-state index in [1.807, 2.05) is 18.3 Å². The van der Waals surface area contributed by atoms with Crippen molar-refractivity contribution in [2.45, 2.75) is 6.92 Å². The van der Waals surface area contributed by atoms with Gasteiger partial charge in [-0.2, -0.15) is 5.26 Å². The number of nitrogens with zero attached hydrogens (tertiary/aromatic N) is 3. The first kappa shape index (κ1) is 15.3. The third-order valence-corrected chi connectivity index (χ3v) is 3.98. The number of aliphatic imine (C=N–C) groups is 1. The maximum absolute atomic E-state index is 8.81. The van der Waals surface area contributed by atoms with Crippen LogP contribution in [0.15, 0.2) is 47.5 Å². The van der Waals surface area contributed by atoms with Gasteiger partial charge in [0.15, 0.2) is 0 Å². The molecule has 1 aliphatic heterocycles. The van der Waals surface area contributed by atoms with E-state index in [9.17, 15) is 0 Å². The van der Waals surface area contributed by atoms with Crippen LogP contribution in [-0.4, -0.2) is 32.5 Å². The van der Waals surface area contributed by atoms with Crippen molar-refractivity contribution in [1.82, 2.24) is 0 Å². The lowest BCUT2D eigenvalue weighted by Gasteiger charge is -2.29. The van der Waals surface area contributed by atoms with Gasteiger partial charge >= 0.3 is 0 Å². The largest absolute Gasteiger partial charge is 0.378 e. The maximum atomic E-state index is 8.81. The summed E-state index contributed by atoms with van der Waals surface area (Å²) in [5, 5.41) is 8.81. The number of anilines is 1. The second-order valence-electron chi connectivity index (χ2n) is 5.56. The molecule has 3 rings (SSSR count). The Balaban J connectivity index is 1.74. The van der Waals surface area contributed by atoms with Gasteiger partial charge in [-0.05, 0) is 54.4 Å². The lowest BCUT2D eigenvalue weighted by atomic mass is 10.1. The minimum absolute atomic E-state index is 0.648. The van der Waals surface area contributed by atoms with Crippen molar-refractivity contribution in [3.63, 3.8) is 0 Å². The molecule has 4 nitrogen and oxygen atoms in total. The molecule has 4 heteroatoms. The molecule has 0 radical (unpaired) electrons. The Morgan fingerprint density at radius 3 is 2.52 bits per heavy atom. The van der Waals surface area contributed by atoms with Gasteiger partial charge in [-0.25, -0.2) is 0 Å². The van der Waals surface area contributed by atoms with Crippen molar-refractivity contribution in [2.75, 3.05) is 31.2 Å². The van der Waals surface area contributed by atoms with Gasteiger partial charge in [0.05, 0.1) is 30.5 Å². The smallest absolute Gasteiger partial charge is 0.0991 e. The number of hydrogen-bond donors (Lipinski definition) is 0. The minimum atomic E-state index is 0.648. The highest BCUT2D eigenvalue weighted by Gasteiger charge is 2.11. The first-order chi connectivity index (χ1) is 11.3.